The van der Waals surface area contributed by atoms with Crippen molar-refractivity contribution in [2.24, 2.45) is 14.1 Å². The molecule has 4 rings (SSSR count). The molecule has 1 amide bonds. The van der Waals surface area contributed by atoms with Gasteiger partial charge in [-0.15, -0.1) is 0 Å². The zero-order valence-corrected chi connectivity index (χ0v) is 15.4. The summed E-state index contributed by atoms with van der Waals surface area (Å²) in [6.45, 7) is 0. The molecule has 0 saturated heterocycles. The minimum absolute atomic E-state index is 0.193. The van der Waals surface area contributed by atoms with Crippen molar-refractivity contribution in [3.05, 3.63) is 66.5 Å². The topological polar surface area (TPSA) is 61.1 Å². The van der Waals surface area contributed by atoms with Crippen LogP contribution in [-0.4, -0.2) is 27.4 Å². The van der Waals surface area contributed by atoms with Crippen LogP contribution < -0.4 is 10.1 Å². The summed E-state index contributed by atoms with van der Waals surface area (Å²) in [4.78, 5) is 12.8. The average Bonchev–Trinajstić information content (AvgIpc) is 3.26. The SMILES string of the molecule is COc1ccc(-c2cc(C(=O)Nc3cccc4c3ccn4C)n(C)n2)cc1. The standard InChI is InChI=1S/C21H20N4O2/c1-24-12-11-16-17(5-4-6-19(16)24)22-21(26)20-13-18(23-25(20)2)14-7-9-15(27-3)10-8-14/h4-13H,1-3H3,(H,22,26). The van der Waals surface area contributed by atoms with E-state index in [9.17, 15) is 4.79 Å². The summed E-state index contributed by atoms with van der Waals surface area (Å²) in [5, 5.41) is 8.49. The van der Waals surface area contributed by atoms with Gasteiger partial charge < -0.3 is 14.6 Å². The fraction of sp³-hybridized carbons (Fsp3) is 0.143. The number of fused-ring (bicyclic) bond motifs is 1. The molecule has 0 atom stereocenters. The fourth-order valence-corrected chi connectivity index (χ4v) is 3.18. The van der Waals surface area contributed by atoms with Crippen LogP contribution in [0.15, 0.2) is 60.8 Å². The normalized spacial score (nSPS) is 10.9. The highest BCUT2D eigenvalue weighted by molar-refractivity contribution is 6.08. The number of rotatable bonds is 4. The summed E-state index contributed by atoms with van der Waals surface area (Å²) in [7, 11) is 5.38. The van der Waals surface area contributed by atoms with E-state index in [0.717, 1.165) is 33.6 Å². The van der Waals surface area contributed by atoms with Crippen molar-refractivity contribution in [1.82, 2.24) is 14.3 Å². The number of methoxy groups -OCH3 is 1. The van der Waals surface area contributed by atoms with E-state index < -0.39 is 0 Å². The molecule has 0 spiro atoms. The lowest BCUT2D eigenvalue weighted by atomic mass is 10.1. The second-order valence-corrected chi connectivity index (χ2v) is 6.39. The summed E-state index contributed by atoms with van der Waals surface area (Å²) in [5.74, 6) is 0.588. The number of hydrogen-bond donors (Lipinski definition) is 1. The van der Waals surface area contributed by atoms with Crippen LogP contribution in [-0.2, 0) is 14.1 Å². The maximum Gasteiger partial charge on any atom is 0.273 e. The minimum Gasteiger partial charge on any atom is -0.497 e. The molecule has 2 aromatic heterocycles. The lowest BCUT2D eigenvalue weighted by Crippen LogP contribution is -2.16. The molecule has 4 aromatic rings. The number of aryl methyl sites for hydroxylation is 2. The van der Waals surface area contributed by atoms with E-state index >= 15 is 0 Å². The third kappa shape index (κ3) is 3.06. The number of anilines is 1. The van der Waals surface area contributed by atoms with Gasteiger partial charge in [0.1, 0.15) is 11.4 Å². The van der Waals surface area contributed by atoms with E-state index in [4.69, 9.17) is 4.74 Å². The molecular formula is C21H20N4O2. The first kappa shape index (κ1) is 16.9. The summed E-state index contributed by atoms with van der Waals surface area (Å²) in [6.07, 6.45) is 1.98. The minimum atomic E-state index is -0.193. The highest BCUT2D eigenvalue weighted by atomic mass is 16.5. The largest absolute Gasteiger partial charge is 0.497 e. The van der Waals surface area contributed by atoms with Crippen LogP contribution in [0.5, 0.6) is 5.75 Å². The van der Waals surface area contributed by atoms with Crippen LogP contribution in [0.25, 0.3) is 22.2 Å². The third-order valence-corrected chi connectivity index (χ3v) is 4.67. The Balaban J connectivity index is 1.63. The Kier molecular flexibility index (Phi) is 4.16. The van der Waals surface area contributed by atoms with Crippen molar-refractivity contribution in [1.29, 1.82) is 0 Å². The van der Waals surface area contributed by atoms with Gasteiger partial charge in [0.15, 0.2) is 0 Å². The average molecular weight is 360 g/mol. The fourth-order valence-electron chi connectivity index (χ4n) is 3.18. The lowest BCUT2D eigenvalue weighted by Gasteiger charge is -2.07. The van der Waals surface area contributed by atoms with Crippen molar-refractivity contribution < 1.29 is 9.53 Å². The van der Waals surface area contributed by atoms with Crippen molar-refractivity contribution in [2.45, 2.75) is 0 Å². The van der Waals surface area contributed by atoms with Gasteiger partial charge in [-0.3, -0.25) is 9.48 Å². The highest BCUT2D eigenvalue weighted by Gasteiger charge is 2.16. The number of ether oxygens (including phenoxy) is 1. The van der Waals surface area contributed by atoms with Gasteiger partial charge in [-0.05, 0) is 48.5 Å². The van der Waals surface area contributed by atoms with Crippen LogP contribution >= 0.6 is 0 Å². The Morgan fingerprint density at radius 1 is 1.07 bits per heavy atom. The Morgan fingerprint density at radius 2 is 1.85 bits per heavy atom. The lowest BCUT2D eigenvalue weighted by molar-refractivity contribution is 0.101. The molecule has 6 nitrogen and oxygen atoms in total. The van der Waals surface area contributed by atoms with Crippen LogP contribution in [0.3, 0.4) is 0 Å². The van der Waals surface area contributed by atoms with E-state index in [1.165, 1.54) is 0 Å². The maximum atomic E-state index is 12.8. The first-order chi connectivity index (χ1) is 13.1. The Hall–Kier alpha value is -3.54. The summed E-state index contributed by atoms with van der Waals surface area (Å²) < 4.78 is 8.81. The highest BCUT2D eigenvalue weighted by Crippen LogP contribution is 2.26. The second-order valence-electron chi connectivity index (χ2n) is 6.39. The Morgan fingerprint density at radius 3 is 2.59 bits per heavy atom. The first-order valence-corrected chi connectivity index (χ1v) is 8.60. The number of nitrogens with zero attached hydrogens (tertiary/aromatic N) is 3. The van der Waals surface area contributed by atoms with Gasteiger partial charge in [-0.2, -0.15) is 5.10 Å². The smallest absolute Gasteiger partial charge is 0.273 e. The third-order valence-electron chi connectivity index (χ3n) is 4.67. The van der Waals surface area contributed by atoms with Gasteiger partial charge in [0.05, 0.1) is 18.5 Å². The number of carbonyl (C=O) groups is 1. The maximum absolute atomic E-state index is 12.8. The van der Waals surface area contributed by atoms with Crippen molar-refractivity contribution in [3.63, 3.8) is 0 Å². The van der Waals surface area contributed by atoms with E-state index in [2.05, 4.69) is 10.4 Å². The molecule has 0 bridgehead atoms. The van der Waals surface area contributed by atoms with Crippen LogP contribution in [0.1, 0.15) is 10.5 Å². The molecule has 0 aliphatic heterocycles. The summed E-state index contributed by atoms with van der Waals surface area (Å²) in [5.41, 5.74) is 4.01. The van der Waals surface area contributed by atoms with Gasteiger partial charge in [0, 0.05) is 36.8 Å². The molecule has 0 fully saturated rings. The Bertz CT molecular complexity index is 1120. The molecule has 2 heterocycles. The molecule has 0 aliphatic carbocycles. The van der Waals surface area contributed by atoms with Gasteiger partial charge in [-0.1, -0.05) is 6.07 Å². The molecule has 27 heavy (non-hydrogen) atoms. The van der Waals surface area contributed by atoms with Gasteiger partial charge in [-0.25, -0.2) is 0 Å². The van der Waals surface area contributed by atoms with Gasteiger partial charge in [0.25, 0.3) is 5.91 Å². The predicted octanol–water partition coefficient (Wildman–Crippen LogP) is 3.84. The number of amides is 1. The van der Waals surface area contributed by atoms with E-state index in [-0.39, 0.29) is 5.91 Å². The molecule has 0 unspecified atom stereocenters. The number of hydrogen-bond acceptors (Lipinski definition) is 3. The molecule has 0 aliphatic rings. The first-order valence-electron chi connectivity index (χ1n) is 8.60. The quantitative estimate of drug-likeness (QED) is 0.601. The zero-order chi connectivity index (χ0) is 19.0. The summed E-state index contributed by atoms with van der Waals surface area (Å²) >= 11 is 0. The molecular weight excluding hydrogens is 340 g/mol. The number of benzene rings is 2. The second kappa shape index (κ2) is 6.64. The molecule has 0 radical (unpaired) electrons. The monoisotopic (exact) mass is 360 g/mol. The van der Waals surface area contributed by atoms with Crippen LogP contribution in [0.4, 0.5) is 5.69 Å². The number of nitrogens with one attached hydrogen (secondary N) is 1. The molecule has 136 valence electrons. The van der Waals surface area contributed by atoms with E-state index in [1.54, 1.807) is 24.9 Å². The molecule has 0 saturated carbocycles. The van der Waals surface area contributed by atoms with Crippen molar-refractivity contribution >= 4 is 22.5 Å². The van der Waals surface area contributed by atoms with E-state index in [1.807, 2.05) is 66.3 Å². The van der Waals surface area contributed by atoms with Crippen molar-refractivity contribution in [2.75, 3.05) is 12.4 Å². The number of aromatic nitrogens is 3. The van der Waals surface area contributed by atoms with Gasteiger partial charge >= 0.3 is 0 Å². The zero-order valence-electron chi connectivity index (χ0n) is 15.4. The predicted molar refractivity (Wildman–Crippen MR) is 106 cm³/mol. The molecule has 1 N–H and O–H groups in total. The molecule has 2 aromatic carbocycles. The molecule has 6 heteroatoms. The summed E-state index contributed by atoms with van der Waals surface area (Å²) in [6, 6.07) is 17.3. The van der Waals surface area contributed by atoms with Crippen LogP contribution in [0, 0.1) is 0 Å². The van der Waals surface area contributed by atoms with Gasteiger partial charge in [0.2, 0.25) is 0 Å². The Labute approximate surface area is 157 Å². The van der Waals surface area contributed by atoms with Crippen molar-refractivity contribution in [3.8, 4) is 17.0 Å². The van der Waals surface area contributed by atoms with Crippen LogP contribution in [0.2, 0.25) is 0 Å². The van der Waals surface area contributed by atoms with E-state index in [0.29, 0.717) is 5.69 Å². The number of carbonyl (C=O) groups excluding carboxylic acids is 1.